The van der Waals surface area contributed by atoms with Gasteiger partial charge in [0, 0.05) is 0 Å². The van der Waals surface area contributed by atoms with Crippen molar-refractivity contribution in [3.05, 3.63) is 12.7 Å². The van der Waals surface area contributed by atoms with Crippen molar-refractivity contribution in [1.29, 1.82) is 0 Å². The molecule has 0 amide bonds. The van der Waals surface area contributed by atoms with Gasteiger partial charge in [0.05, 0.1) is 12.0 Å². The highest BCUT2D eigenvalue weighted by Gasteiger charge is 2.06. The number of hydrogen-bond donors (Lipinski definition) is 1. The fraction of sp³-hybridized carbons (Fsp3) is 0.500. The number of rotatable bonds is 3. The largest absolute Gasteiger partial charge is 0.392 e. The first-order valence-corrected chi connectivity index (χ1v) is 2.48. The zero-order valence-electron chi connectivity index (χ0n) is 4.87. The summed E-state index contributed by atoms with van der Waals surface area (Å²) in [5, 5.41) is 8.71. The van der Waals surface area contributed by atoms with Crippen LogP contribution in [-0.4, -0.2) is 17.5 Å². The molecule has 0 heterocycles. The van der Waals surface area contributed by atoms with Gasteiger partial charge in [-0.2, -0.15) is 0 Å². The maximum absolute atomic E-state index is 9.95. The molecule has 0 aromatic carbocycles. The lowest BCUT2D eigenvalue weighted by Crippen LogP contribution is -2.14. The molecule has 8 heavy (non-hydrogen) atoms. The van der Waals surface area contributed by atoms with Crippen molar-refractivity contribution >= 4 is 6.29 Å². The molecule has 0 fully saturated rings. The Labute approximate surface area is 48.8 Å². The van der Waals surface area contributed by atoms with Crippen LogP contribution in [-0.2, 0) is 4.79 Å². The Bertz CT molecular complexity index is 78.5. The molecule has 0 aromatic rings. The van der Waals surface area contributed by atoms with Crippen LogP contribution in [0, 0.1) is 5.92 Å². The fourth-order valence-electron chi connectivity index (χ4n) is 0.366. The average Bonchev–Trinajstić information content (AvgIpc) is 1.69. The summed E-state index contributed by atoms with van der Waals surface area (Å²) in [7, 11) is 0. The molecule has 0 aliphatic carbocycles. The summed E-state index contributed by atoms with van der Waals surface area (Å²) in [4.78, 5) is 9.95. The summed E-state index contributed by atoms with van der Waals surface area (Å²) in [5.74, 6) is -0.407. The van der Waals surface area contributed by atoms with E-state index in [-0.39, 0.29) is 0 Å². The van der Waals surface area contributed by atoms with Crippen LogP contribution in [0.4, 0.5) is 0 Å². The second kappa shape index (κ2) is 3.38. The summed E-state index contributed by atoms with van der Waals surface area (Å²) in [6.45, 7) is 4.92. The Kier molecular flexibility index (Phi) is 3.12. The van der Waals surface area contributed by atoms with E-state index in [2.05, 4.69) is 6.58 Å². The van der Waals surface area contributed by atoms with Crippen LogP contribution in [0.1, 0.15) is 6.92 Å². The van der Waals surface area contributed by atoms with Gasteiger partial charge in [-0.25, -0.2) is 0 Å². The van der Waals surface area contributed by atoms with E-state index in [0.717, 1.165) is 0 Å². The maximum atomic E-state index is 9.95. The molecule has 2 atom stereocenters. The molecule has 0 rings (SSSR count). The summed E-state index contributed by atoms with van der Waals surface area (Å²) in [5.41, 5.74) is 0. The third kappa shape index (κ3) is 1.89. The van der Waals surface area contributed by atoms with E-state index in [1.165, 1.54) is 6.08 Å². The quantitative estimate of drug-likeness (QED) is 0.425. The highest BCUT2D eigenvalue weighted by Crippen LogP contribution is 1.98. The first-order valence-electron chi connectivity index (χ1n) is 2.48. The Morgan fingerprint density at radius 2 is 2.25 bits per heavy atom. The van der Waals surface area contributed by atoms with Crippen LogP contribution in [0.3, 0.4) is 0 Å². The van der Waals surface area contributed by atoms with Crippen molar-refractivity contribution in [1.82, 2.24) is 0 Å². The summed E-state index contributed by atoms with van der Waals surface area (Å²) in [6, 6.07) is 0. The van der Waals surface area contributed by atoms with E-state index in [1.54, 1.807) is 6.92 Å². The van der Waals surface area contributed by atoms with Crippen molar-refractivity contribution in [2.45, 2.75) is 13.0 Å². The first kappa shape index (κ1) is 7.37. The Balaban J connectivity index is 3.68. The molecule has 2 heteroatoms. The van der Waals surface area contributed by atoms with Crippen LogP contribution >= 0.6 is 0 Å². The first-order chi connectivity index (χ1) is 3.72. The lowest BCUT2D eigenvalue weighted by atomic mass is 10.1. The van der Waals surface area contributed by atoms with Gasteiger partial charge in [0.1, 0.15) is 6.29 Å². The normalized spacial score (nSPS) is 16.8. The molecule has 2 unspecified atom stereocenters. The van der Waals surface area contributed by atoms with E-state index in [4.69, 9.17) is 5.11 Å². The van der Waals surface area contributed by atoms with E-state index < -0.39 is 12.0 Å². The Morgan fingerprint density at radius 3 is 2.25 bits per heavy atom. The molecule has 0 spiro atoms. The molecular formula is C6H10O2. The summed E-state index contributed by atoms with van der Waals surface area (Å²) < 4.78 is 0. The van der Waals surface area contributed by atoms with Crippen LogP contribution in [0.2, 0.25) is 0 Å². The molecular weight excluding hydrogens is 104 g/mol. The minimum Gasteiger partial charge on any atom is -0.392 e. The van der Waals surface area contributed by atoms with Crippen molar-refractivity contribution < 1.29 is 9.90 Å². The van der Waals surface area contributed by atoms with Gasteiger partial charge in [-0.05, 0) is 6.92 Å². The molecule has 0 aliphatic heterocycles. The van der Waals surface area contributed by atoms with Gasteiger partial charge in [0.25, 0.3) is 0 Å². The Morgan fingerprint density at radius 1 is 1.75 bits per heavy atom. The van der Waals surface area contributed by atoms with E-state index in [1.807, 2.05) is 0 Å². The third-order valence-electron chi connectivity index (χ3n) is 0.986. The van der Waals surface area contributed by atoms with Gasteiger partial charge in [-0.1, -0.05) is 6.08 Å². The van der Waals surface area contributed by atoms with E-state index in [0.29, 0.717) is 6.29 Å². The summed E-state index contributed by atoms with van der Waals surface area (Å²) >= 11 is 0. The minimum atomic E-state index is -0.606. The predicted octanol–water partition coefficient (Wildman–Crippen LogP) is 0.368. The molecule has 2 nitrogen and oxygen atoms in total. The predicted molar refractivity (Wildman–Crippen MR) is 31.4 cm³/mol. The second-order valence-electron chi connectivity index (χ2n) is 1.69. The molecule has 1 N–H and O–H groups in total. The van der Waals surface area contributed by atoms with Gasteiger partial charge in [-0.3, -0.25) is 0 Å². The van der Waals surface area contributed by atoms with E-state index >= 15 is 0 Å². The fourth-order valence-corrected chi connectivity index (χ4v) is 0.366. The minimum absolute atomic E-state index is 0.407. The second-order valence-corrected chi connectivity index (χ2v) is 1.69. The summed E-state index contributed by atoms with van der Waals surface area (Å²) in [6.07, 6.45) is 1.50. The van der Waals surface area contributed by atoms with Crippen molar-refractivity contribution in [2.24, 2.45) is 5.92 Å². The Hall–Kier alpha value is -0.630. The molecule has 0 aliphatic rings. The number of aliphatic hydroxyl groups excluding tert-OH is 1. The molecule has 46 valence electrons. The van der Waals surface area contributed by atoms with Crippen LogP contribution < -0.4 is 0 Å². The monoisotopic (exact) mass is 114 g/mol. The van der Waals surface area contributed by atoms with Gasteiger partial charge in [-0.15, -0.1) is 6.58 Å². The number of carbonyl (C=O) groups excluding carboxylic acids is 1. The lowest BCUT2D eigenvalue weighted by molar-refractivity contribution is -0.112. The molecule has 0 bridgehead atoms. The van der Waals surface area contributed by atoms with E-state index in [9.17, 15) is 4.79 Å². The standard InChI is InChI=1S/C6H10O2/c1-3-6(4-7)5(2)8/h3-6,8H,1H2,2H3. The zero-order chi connectivity index (χ0) is 6.57. The van der Waals surface area contributed by atoms with Crippen molar-refractivity contribution in [3.8, 4) is 0 Å². The smallest absolute Gasteiger partial charge is 0.129 e. The number of hydrogen-bond acceptors (Lipinski definition) is 2. The number of carbonyl (C=O) groups is 1. The number of aldehydes is 1. The molecule has 0 radical (unpaired) electrons. The molecule has 0 aromatic heterocycles. The molecule has 0 saturated carbocycles. The topological polar surface area (TPSA) is 37.3 Å². The maximum Gasteiger partial charge on any atom is 0.129 e. The van der Waals surface area contributed by atoms with Crippen LogP contribution in [0.25, 0.3) is 0 Å². The average molecular weight is 114 g/mol. The van der Waals surface area contributed by atoms with Gasteiger partial charge < -0.3 is 9.90 Å². The highest BCUT2D eigenvalue weighted by atomic mass is 16.3. The SMILES string of the molecule is C=CC(C=O)C(C)O. The highest BCUT2D eigenvalue weighted by molar-refractivity contribution is 5.57. The van der Waals surface area contributed by atoms with Gasteiger partial charge >= 0.3 is 0 Å². The van der Waals surface area contributed by atoms with Gasteiger partial charge in [0.2, 0.25) is 0 Å². The zero-order valence-corrected chi connectivity index (χ0v) is 4.87. The van der Waals surface area contributed by atoms with Crippen molar-refractivity contribution in [2.75, 3.05) is 0 Å². The molecule has 0 saturated heterocycles. The van der Waals surface area contributed by atoms with Crippen LogP contribution in [0.15, 0.2) is 12.7 Å². The van der Waals surface area contributed by atoms with Crippen LogP contribution in [0.5, 0.6) is 0 Å². The lowest BCUT2D eigenvalue weighted by Gasteiger charge is -2.05. The van der Waals surface area contributed by atoms with Gasteiger partial charge in [0.15, 0.2) is 0 Å². The number of aliphatic hydroxyl groups is 1. The van der Waals surface area contributed by atoms with Crippen molar-refractivity contribution in [3.63, 3.8) is 0 Å². The third-order valence-corrected chi connectivity index (χ3v) is 0.986.